The van der Waals surface area contributed by atoms with E-state index in [1.165, 1.54) is 22.3 Å². The van der Waals surface area contributed by atoms with Crippen molar-refractivity contribution in [1.82, 2.24) is 0 Å². The Morgan fingerprint density at radius 1 is 0.739 bits per heavy atom. The Morgan fingerprint density at radius 2 is 1.39 bits per heavy atom. The first-order valence-corrected chi connectivity index (χ1v) is 8.35. The number of hydrogen-bond acceptors (Lipinski definition) is 2. The second kappa shape index (κ2) is 6.01. The van der Waals surface area contributed by atoms with E-state index in [2.05, 4.69) is 88.0 Å². The van der Waals surface area contributed by atoms with Gasteiger partial charge in [0.2, 0.25) is 0 Å². The van der Waals surface area contributed by atoms with Crippen molar-refractivity contribution in [2.75, 3.05) is 5.32 Å². The van der Waals surface area contributed by atoms with E-state index >= 15 is 0 Å². The van der Waals surface area contributed by atoms with Gasteiger partial charge in [-0.15, -0.1) is 0 Å². The smallest absolute Gasteiger partial charge is 0.171 e. The molecular formula is C20H15BrN2. The highest BCUT2D eigenvalue weighted by molar-refractivity contribution is 9.18. The molecule has 0 aromatic heterocycles. The molecule has 3 aromatic carbocycles. The average Bonchev–Trinajstić information content (AvgIpc) is 2.62. The molecule has 0 aliphatic carbocycles. The van der Waals surface area contributed by atoms with Gasteiger partial charge in [-0.2, -0.15) is 0 Å². The second-order valence-electron chi connectivity index (χ2n) is 5.52. The summed E-state index contributed by atoms with van der Waals surface area (Å²) in [6.45, 7) is 0. The van der Waals surface area contributed by atoms with Crippen LogP contribution in [0.4, 0.5) is 5.69 Å². The number of aliphatic imine (C=N–C) groups is 1. The van der Waals surface area contributed by atoms with E-state index in [0.717, 1.165) is 10.4 Å². The largest absolute Gasteiger partial charge is 0.334 e. The minimum absolute atomic E-state index is 0.0200. The summed E-state index contributed by atoms with van der Waals surface area (Å²) < 4.78 is 0.772. The fraction of sp³-hybridized carbons (Fsp3) is 0.0500. The number of anilines is 1. The normalized spacial score (nSPS) is 16.2. The molecule has 0 saturated heterocycles. The van der Waals surface area contributed by atoms with Gasteiger partial charge in [0.25, 0.3) is 0 Å². The Bertz CT molecular complexity index is 854. The van der Waals surface area contributed by atoms with Gasteiger partial charge < -0.3 is 5.32 Å². The Labute approximate surface area is 144 Å². The van der Waals surface area contributed by atoms with Crippen molar-refractivity contribution in [1.29, 1.82) is 0 Å². The third-order valence-corrected chi connectivity index (χ3v) is 4.47. The number of halogens is 1. The van der Waals surface area contributed by atoms with E-state index in [-0.39, 0.29) is 6.04 Å². The van der Waals surface area contributed by atoms with E-state index in [9.17, 15) is 0 Å². The summed E-state index contributed by atoms with van der Waals surface area (Å²) in [5.41, 5.74) is 5.94. The van der Waals surface area contributed by atoms with E-state index in [4.69, 9.17) is 4.99 Å². The maximum absolute atomic E-state index is 4.72. The molecule has 3 aromatic rings. The molecule has 0 radical (unpaired) electrons. The lowest BCUT2D eigenvalue weighted by Gasteiger charge is -2.23. The van der Waals surface area contributed by atoms with Crippen LogP contribution in [0.15, 0.2) is 83.9 Å². The summed E-state index contributed by atoms with van der Waals surface area (Å²) in [6.07, 6.45) is 0. The molecule has 3 heteroatoms. The molecule has 1 heterocycles. The van der Waals surface area contributed by atoms with Gasteiger partial charge in [-0.05, 0) is 38.7 Å². The molecular weight excluding hydrogens is 348 g/mol. The third kappa shape index (κ3) is 2.80. The minimum atomic E-state index is 0.0200. The molecule has 2 nitrogen and oxygen atoms in total. The fourth-order valence-electron chi connectivity index (χ4n) is 2.92. The van der Waals surface area contributed by atoms with Crippen LogP contribution in [0.3, 0.4) is 0 Å². The monoisotopic (exact) mass is 362 g/mol. The lowest BCUT2D eigenvalue weighted by molar-refractivity contribution is 0.869. The quantitative estimate of drug-likeness (QED) is 0.587. The lowest BCUT2D eigenvalue weighted by Crippen LogP contribution is -2.16. The van der Waals surface area contributed by atoms with Gasteiger partial charge in [-0.25, -0.2) is 4.99 Å². The lowest BCUT2D eigenvalue weighted by atomic mass is 9.95. The van der Waals surface area contributed by atoms with E-state index in [1.54, 1.807) is 0 Å². The predicted octanol–water partition coefficient (Wildman–Crippen LogP) is 5.62. The summed E-state index contributed by atoms with van der Waals surface area (Å²) in [7, 11) is 0. The van der Waals surface area contributed by atoms with Crippen LogP contribution < -0.4 is 5.32 Å². The molecule has 1 aliphatic heterocycles. The molecule has 1 aliphatic rings. The van der Waals surface area contributed by atoms with Crippen LogP contribution in [-0.2, 0) is 0 Å². The van der Waals surface area contributed by atoms with Crippen molar-refractivity contribution in [3.05, 3.63) is 90.0 Å². The van der Waals surface area contributed by atoms with Crippen molar-refractivity contribution < 1.29 is 0 Å². The second-order valence-corrected chi connectivity index (χ2v) is 6.27. The maximum atomic E-state index is 4.72. The van der Waals surface area contributed by atoms with Crippen molar-refractivity contribution in [3.8, 4) is 11.1 Å². The molecule has 0 bridgehead atoms. The molecule has 0 fully saturated rings. The molecule has 1 unspecified atom stereocenters. The number of para-hydroxylation sites is 1. The fourth-order valence-corrected chi connectivity index (χ4v) is 3.34. The average molecular weight is 363 g/mol. The van der Waals surface area contributed by atoms with Gasteiger partial charge in [-0.1, -0.05) is 72.8 Å². The standard InChI is InChI=1S/C20H15BrN2/c21-20-22-18-9-5-4-8-17(18)19(23-20)16-12-10-15(11-13-16)14-6-2-1-3-7-14/h1-13,19H,(H,22,23). The number of fused-ring (bicyclic) bond motifs is 1. The summed E-state index contributed by atoms with van der Waals surface area (Å²) in [4.78, 5) is 4.72. The number of nitrogens with one attached hydrogen (secondary N) is 1. The van der Waals surface area contributed by atoms with Gasteiger partial charge in [-0.3, -0.25) is 0 Å². The van der Waals surface area contributed by atoms with Crippen molar-refractivity contribution in [2.45, 2.75) is 6.04 Å². The molecule has 1 N–H and O–H groups in total. The Balaban J connectivity index is 1.72. The Hall–Kier alpha value is -2.39. The SMILES string of the molecule is BrC1=NC(c2ccc(-c3ccccc3)cc2)c2ccccc2N1. The predicted molar refractivity (Wildman–Crippen MR) is 100 cm³/mol. The first kappa shape index (κ1) is 14.2. The van der Waals surface area contributed by atoms with Crippen LogP contribution in [0.2, 0.25) is 0 Å². The number of hydrogen-bond donors (Lipinski definition) is 1. The zero-order chi connectivity index (χ0) is 15.6. The summed E-state index contributed by atoms with van der Waals surface area (Å²) >= 11 is 3.49. The highest BCUT2D eigenvalue weighted by atomic mass is 79.9. The van der Waals surface area contributed by atoms with Crippen LogP contribution >= 0.6 is 15.9 Å². The molecule has 4 rings (SSSR count). The summed E-state index contributed by atoms with van der Waals surface area (Å²) in [5, 5.41) is 3.26. The van der Waals surface area contributed by atoms with Gasteiger partial charge in [0, 0.05) is 11.3 Å². The molecule has 0 spiro atoms. The molecule has 1 atom stereocenters. The highest BCUT2D eigenvalue weighted by Gasteiger charge is 2.21. The van der Waals surface area contributed by atoms with Crippen molar-refractivity contribution in [3.63, 3.8) is 0 Å². The third-order valence-electron chi connectivity index (χ3n) is 4.07. The molecule has 23 heavy (non-hydrogen) atoms. The zero-order valence-corrected chi connectivity index (χ0v) is 14.0. The van der Waals surface area contributed by atoms with Crippen LogP contribution in [0.25, 0.3) is 11.1 Å². The van der Waals surface area contributed by atoms with Crippen LogP contribution in [0.1, 0.15) is 17.2 Å². The first-order valence-electron chi connectivity index (χ1n) is 7.56. The van der Waals surface area contributed by atoms with E-state index in [1.807, 2.05) is 12.1 Å². The molecule has 0 saturated carbocycles. The topological polar surface area (TPSA) is 24.4 Å². The van der Waals surface area contributed by atoms with Gasteiger partial charge in [0.1, 0.15) is 6.04 Å². The van der Waals surface area contributed by atoms with Crippen LogP contribution in [-0.4, -0.2) is 4.74 Å². The number of amidine groups is 1. The van der Waals surface area contributed by atoms with Crippen LogP contribution in [0, 0.1) is 0 Å². The maximum Gasteiger partial charge on any atom is 0.171 e. The van der Waals surface area contributed by atoms with E-state index in [0.29, 0.717) is 0 Å². The number of rotatable bonds is 2. The van der Waals surface area contributed by atoms with Gasteiger partial charge in [0.15, 0.2) is 4.74 Å². The van der Waals surface area contributed by atoms with Crippen LogP contribution in [0.5, 0.6) is 0 Å². The highest BCUT2D eigenvalue weighted by Crippen LogP contribution is 2.36. The molecule has 112 valence electrons. The summed E-state index contributed by atoms with van der Waals surface area (Å²) in [5.74, 6) is 0. The number of nitrogens with zero attached hydrogens (tertiary/aromatic N) is 1. The Morgan fingerprint density at radius 3 is 2.17 bits per heavy atom. The van der Waals surface area contributed by atoms with Gasteiger partial charge in [0.05, 0.1) is 0 Å². The minimum Gasteiger partial charge on any atom is -0.334 e. The first-order chi connectivity index (χ1) is 11.3. The molecule has 0 amide bonds. The number of benzene rings is 3. The van der Waals surface area contributed by atoms with Crippen molar-refractivity contribution in [2.24, 2.45) is 4.99 Å². The summed E-state index contributed by atoms with van der Waals surface area (Å²) in [6, 6.07) is 27.4. The van der Waals surface area contributed by atoms with Crippen molar-refractivity contribution >= 4 is 26.4 Å². The van der Waals surface area contributed by atoms with E-state index < -0.39 is 0 Å². The van der Waals surface area contributed by atoms with Gasteiger partial charge >= 0.3 is 0 Å². The Kier molecular flexibility index (Phi) is 3.72. The zero-order valence-electron chi connectivity index (χ0n) is 12.4.